The molecule has 1 heterocycles. The maximum atomic E-state index is 12.5. The van der Waals surface area contributed by atoms with Crippen molar-refractivity contribution in [2.24, 2.45) is 11.8 Å². The van der Waals surface area contributed by atoms with Gasteiger partial charge in [-0.15, -0.1) is 10.2 Å². The molecule has 2 aliphatic rings. The van der Waals surface area contributed by atoms with E-state index in [0.29, 0.717) is 11.8 Å². The highest BCUT2D eigenvalue weighted by Crippen LogP contribution is 2.44. The van der Waals surface area contributed by atoms with Crippen molar-refractivity contribution in [3.05, 3.63) is 29.8 Å². The van der Waals surface area contributed by atoms with Gasteiger partial charge in [0.2, 0.25) is 5.91 Å². The average molecular weight is 413 g/mol. The molecule has 2 aromatic rings. The molecule has 6 heteroatoms. The van der Waals surface area contributed by atoms with E-state index in [1.807, 2.05) is 0 Å². The monoisotopic (exact) mass is 412 g/mol. The molecule has 1 aromatic heterocycles. The van der Waals surface area contributed by atoms with E-state index in [-0.39, 0.29) is 11.3 Å². The van der Waals surface area contributed by atoms with Crippen molar-refractivity contribution >= 4 is 17.7 Å². The average Bonchev–Trinajstić information content (AvgIpc) is 3.61. The van der Waals surface area contributed by atoms with E-state index >= 15 is 0 Å². The summed E-state index contributed by atoms with van der Waals surface area (Å²) in [5.41, 5.74) is 2.49. The minimum Gasteiger partial charge on any atom is -0.352 e. The van der Waals surface area contributed by atoms with Crippen LogP contribution in [-0.4, -0.2) is 32.5 Å². The quantitative estimate of drug-likeness (QED) is 0.641. The van der Waals surface area contributed by atoms with Gasteiger partial charge in [0.25, 0.3) is 0 Å². The fourth-order valence-electron chi connectivity index (χ4n) is 3.90. The smallest absolute Gasteiger partial charge is 0.230 e. The zero-order valence-corrected chi connectivity index (χ0v) is 18.8. The zero-order chi connectivity index (χ0) is 20.6. The van der Waals surface area contributed by atoms with E-state index < -0.39 is 0 Å². The predicted octanol–water partition coefficient (Wildman–Crippen LogP) is 4.66. The van der Waals surface area contributed by atoms with Crippen LogP contribution < -0.4 is 5.32 Å². The number of aromatic nitrogens is 3. The number of carbonyl (C=O) groups is 1. The van der Waals surface area contributed by atoms with Gasteiger partial charge in [-0.05, 0) is 55.4 Å². The molecule has 0 atom stereocenters. The largest absolute Gasteiger partial charge is 0.352 e. The van der Waals surface area contributed by atoms with E-state index in [0.717, 1.165) is 34.9 Å². The Balaban J connectivity index is 1.41. The first-order chi connectivity index (χ1) is 13.9. The molecule has 29 heavy (non-hydrogen) atoms. The van der Waals surface area contributed by atoms with Crippen LogP contribution in [-0.2, 0) is 16.8 Å². The third-order valence-electron chi connectivity index (χ3n) is 5.96. The van der Waals surface area contributed by atoms with Crippen molar-refractivity contribution in [1.82, 2.24) is 20.1 Å². The Morgan fingerprint density at radius 2 is 1.76 bits per heavy atom. The Labute approximate surface area is 178 Å². The molecule has 0 unspecified atom stereocenters. The van der Waals surface area contributed by atoms with Crippen molar-refractivity contribution in [3.8, 4) is 11.4 Å². The molecule has 1 amide bonds. The van der Waals surface area contributed by atoms with Gasteiger partial charge >= 0.3 is 0 Å². The molecule has 0 bridgehead atoms. The normalized spacial score (nSPS) is 17.0. The molecule has 2 aliphatic carbocycles. The number of benzene rings is 1. The van der Waals surface area contributed by atoms with Crippen LogP contribution in [0.5, 0.6) is 0 Å². The first-order valence-corrected chi connectivity index (χ1v) is 11.8. The summed E-state index contributed by atoms with van der Waals surface area (Å²) in [6.45, 7) is 9.52. The molecule has 156 valence electrons. The van der Waals surface area contributed by atoms with Crippen LogP contribution in [0.2, 0.25) is 0 Å². The first-order valence-electron chi connectivity index (χ1n) is 10.8. The van der Waals surface area contributed by atoms with E-state index in [2.05, 4.69) is 72.0 Å². The van der Waals surface area contributed by atoms with E-state index in [4.69, 9.17) is 0 Å². The van der Waals surface area contributed by atoms with Gasteiger partial charge < -0.3 is 9.88 Å². The van der Waals surface area contributed by atoms with Crippen LogP contribution in [0.1, 0.15) is 58.9 Å². The third-order valence-corrected chi connectivity index (χ3v) is 6.93. The summed E-state index contributed by atoms with van der Waals surface area (Å²) in [4.78, 5) is 12.5. The molecule has 2 fully saturated rings. The van der Waals surface area contributed by atoms with E-state index in [1.165, 1.54) is 43.0 Å². The Bertz CT molecular complexity index is 848. The minimum absolute atomic E-state index is 0.125. The molecule has 2 saturated carbocycles. The van der Waals surface area contributed by atoms with Gasteiger partial charge in [0.1, 0.15) is 0 Å². The van der Waals surface area contributed by atoms with Crippen LogP contribution in [0.4, 0.5) is 0 Å². The Kier molecular flexibility index (Phi) is 5.74. The summed E-state index contributed by atoms with van der Waals surface area (Å²) in [6.07, 6.45) is 5.10. The highest BCUT2D eigenvalue weighted by molar-refractivity contribution is 7.99. The predicted molar refractivity (Wildman–Crippen MR) is 118 cm³/mol. The highest BCUT2D eigenvalue weighted by atomic mass is 32.2. The maximum absolute atomic E-state index is 12.5. The number of amides is 1. The lowest BCUT2D eigenvalue weighted by molar-refractivity contribution is -0.119. The fourth-order valence-corrected chi connectivity index (χ4v) is 4.72. The summed E-state index contributed by atoms with van der Waals surface area (Å²) >= 11 is 1.49. The lowest BCUT2D eigenvalue weighted by Crippen LogP contribution is -2.39. The molecule has 0 aliphatic heterocycles. The van der Waals surface area contributed by atoms with Crippen molar-refractivity contribution in [2.45, 2.75) is 76.5 Å². The van der Waals surface area contributed by atoms with Crippen LogP contribution in [0.3, 0.4) is 0 Å². The van der Waals surface area contributed by atoms with E-state index in [1.54, 1.807) is 0 Å². The second-order valence-electron chi connectivity index (χ2n) is 9.43. The highest BCUT2D eigenvalue weighted by Gasteiger charge is 2.42. The third kappa shape index (κ3) is 4.85. The van der Waals surface area contributed by atoms with Gasteiger partial charge in [0.15, 0.2) is 11.0 Å². The maximum Gasteiger partial charge on any atom is 0.230 e. The molecular weight excluding hydrogens is 380 g/mol. The van der Waals surface area contributed by atoms with Crippen molar-refractivity contribution in [1.29, 1.82) is 0 Å². The summed E-state index contributed by atoms with van der Waals surface area (Å²) in [5.74, 6) is 2.83. The van der Waals surface area contributed by atoms with Gasteiger partial charge in [0, 0.05) is 18.2 Å². The number of hydrogen-bond donors (Lipinski definition) is 1. The summed E-state index contributed by atoms with van der Waals surface area (Å²) in [6, 6.07) is 8.98. The van der Waals surface area contributed by atoms with Gasteiger partial charge in [-0.1, -0.05) is 56.8 Å². The summed E-state index contributed by atoms with van der Waals surface area (Å²) < 4.78 is 2.10. The summed E-state index contributed by atoms with van der Waals surface area (Å²) in [7, 11) is 0. The SMILES string of the molecule is CCn1c(SCC(=O)NC(C2CC2)C2CC2)nnc1-c1ccc(C(C)(C)C)cc1. The van der Waals surface area contributed by atoms with Gasteiger partial charge in [-0.2, -0.15) is 0 Å². The Hall–Kier alpha value is -1.82. The van der Waals surface area contributed by atoms with Crippen molar-refractivity contribution in [3.63, 3.8) is 0 Å². The summed E-state index contributed by atoms with van der Waals surface area (Å²) in [5, 5.41) is 12.9. The number of hydrogen-bond acceptors (Lipinski definition) is 4. The van der Waals surface area contributed by atoms with Crippen LogP contribution in [0.15, 0.2) is 29.4 Å². The molecule has 0 saturated heterocycles. The number of rotatable bonds is 8. The van der Waals surface area contributed by atoms with Gasteiger partial charge in [-0.3, -0.25) is 4.79 Å². The Morgan fingerprint density at radius 1 is 1.14 bits per heavy atom. The van der Waals surface area contributed by atoms with Crippen molar-refractivity contribution < 1.29 is 4.79 Å². The Morgan fingerprint density at radius 3 is 2.28 bits per heavy atom. The topological polar surface area (TPSA) is 59.8 Å². The molecule has 4 rings (SSSR count). The molecule has 1 N–H and O–H groups in total. The second-order valence-corrected chi connectivity index (χ2v) is 10.4. The molecule has 1 aromatic carbocycles. The molecule has 5 nitrogen and oxygen atoms in total. The lowest BCUT2D eigenvalue weighted by Gasteiger charge is -2.19. The fraction of sp³-hybridized carbons (Fsp3) is 0.609. The van der Waals surface area contributed by atoms with Gasteiger partial charge in [-0.25, -0.2) is 0 Å². The second kappa shape index (κ2) is 8.13. The molecule has 0 radical (unpaired) electrons. The van der Waals surface area contributed by atoms with Gasteiger partial charge in [0.05, 0.1) is 5.75 Å². The molecule has 0 spiro atoms. The standard InChI is InChI=1S/C23H32N4OS/c1-5-27-21(17-10-12-18(13-11-17)23(2,3)4)25-26-22(27)29-14-19(28)24-20(15-6-7-15)16-8-9-16/h10-13,15-16,20H,5-9,14H2,1-4H3,(H,24,28). The minimum atomic E-state index is 0.125. The number of thioether (sulfide) groups is 1. The van der Waals surface area contributed by atoms with Crippen LogP contribution in [0.25, 0.3) is 11.4 Å². The zero-order valence-electron chi connectivity index (χ0n) is 17.9. The van der Waals surface area contributed by atoms with E-state index in [9.17, 15) is 4.79 Å². The van der Waals surface area contributed by atoms with Crippen LogP contribution in [0, 0.1) is 11.8 Å². The number of nitrogens with one attached hydrogen (secondary N) is 1. The molecular formula is C23H32N4OS. The van der Waals surface area contributed by atoms with Crippen LogP contribution >= 0.6 is 11.8 Å². The lowest BCUT2D eigenvalue weighted by atomic mass is 9.87. The number of nitrogens with zero attached hydrogens (tertiary/aromatic N) is 3. The first kappa shape index (κ1) is 20.5. The van der Waals surface area contributed by atoms with Crippen molar-refractivity contribution in [2.75, 3.05) is 5.75 Å². The number of carbonyl (C=O) groups excluding carboxylic acids is 1.